The van der Waals surface area contributed by atoms with Gasteiger partial charge in [-0.1, -0.05) is 0 Å². The van der Waals surface area contributed by atoms with Crippen molar-refractivity contribution < 1.29 is 19.4 Å². The van der Waals surface area contributed by atoms with Crippen molar-refractivity contribution in [1.82, 2.24) is 10.2 Å². The third-order valence-electron chi connectivity index (χ3n) is 1.36. The number of rotatable bonds is 2. The molecule has 3 nitrogen and oxygen atoms in total. The normalized spacial score (nSPS) is 21.2. The molecule has 1 saturated heterocycles. The second-order valence-electron chi connectivity index (χ2n) is 2.03. The molecule has 53 valence electrons. The van der Waals surface area contributed by atoms with Gasteiger partial charge in [-0.2, -0.15) is 0 Å². The zero-order valence-electron chi connectivity index (χ0n) is 5.30. The van der Waals surface area contributed by atoms with Crippen LogP contribution in [0.4, 0.5) is 0 Å². The summed E-state index contributed by atoms with van der Waals surface area (Å²) in [6.07, 6.45) is 0. The third kappa shape index (κ3) is 1.94. The molecule has 0 aromatic heterocycles. The summed E-state index contributed by atoms with van der Waals surface area (Å²) in [5.41, 5.74) is 5.40. The quantitative estimate of drug-likeness (QED) is 0.633. The standard InChI is InChI=1S/C5H11N3.W.H/c6-1-3-8-4-2-7-5-8;;/h7H,1-4,6H2;;. The molecule has 4 heteroatoms. The number of nitrogens with one attached hydrogen (secondary N) is 1. The molecule has 0 saturated carbocycles. The Morgan fingerprint density at radius 3 is 3.00 bits per heavy atom. The fourth-order valence-corrected chi connectivity index (χ4v) is 2.01. The molecule has 0 radical (unpaired) electrons. The van der Waals surface area contributed by atoms with Crippen molar-refractivity contribution >= 4 is 4.15 Å². The van der Waals surface area contributed by atoms with E-state index >= 15 is 0 Å². The van der Waals surface area contributed by atoms with Crippen LogP contribution in [0.15, 0.2) is 0 Å². The van der Waals surface area contributed by atoms with Crippen molar-refractivity contribution in [2.75, 3.05) is 26.2 Å². The average Bonchev–Trinajstić information content (AvgIpc) is 2.18. The Morgan fingerprint density at radius 2 is 2.56 bits per heavy atom. The zero-order chi connectivity index (χ0) is 6.69. The first-order valence-corrected chi connectivity index (χ1v) is 4.70. The predicted molar refractivity (Wildman–Crippen MR) is 35.0 cm³/mol. The van der Waals surface area contributed by atoms with E-state index < -0.39 is 0 Å². The molecular weight excluding hydrogens is 286 g/mol. The summed E-state index contributed by atoms with van der Waals surface area (Å²) in [7, 11) is 0. The second-order valence-corrected chi connectivity index (χ2v) is 3.55. The molecule has 0 bridgehead atoms. The molecule has 0 aromatic carbocycles. The van der Waals surface area contributed by atoms with Gasteiger partial charge in [-0.05, 0) is 0 Å². The summed E-state index contributed by atoms with van der Waals surface area (Å²) in [5, 5.41) is 3.29. The van der Waals surface area contributed by atoms with Crippen molar-refractivity contribution in [1.29, 1.82) is 0 Å². The minimum absolute atomic E-state index is 0.767. The number of nitrogens with two attached hydrogens (primary N) is 1. The SMILES string of the molecule is NCCN1CCN[C]1=[WH]. The van der Waals surface area contributed by atoms with Crippen LogP contribution in [0.2, 0.25) is 0 Å². The fourth-order valence-electron chi connectivity index (χ4n) is 0.894. The van der Waals surface area contributed by atoms with Crippen LogP contribution in [-0.4, -0.2) is 35.2 Å². The summed E-state index contributed by atoms with van der Waals surface area (Å²) < 4.78 is 1.38. The summed E-state index contributed by atoms with van der Waals surface area (Å²) in [6.45, 7) is 4.02. The van der Waals surface area contributed by atoms with Gasteiger partial charge in [-0.3, -0.25) is 0 Å². The zero-order valence-corrected chi connectivity index (χ0v) is 8.51. The Kier molecular flexibility index (Phi) is 2.99. The van der Waals surface area contributed by atoms with Crippen LogP contribution in [0.3, 0.4) is 0 Å². The van der Waals surface area contributed by atoms with E-state index in [0.717, 1.165) is 26.2 Å². The van der Waals surface area contributed by atoms with E-state index in [4.69, 9.17) is 5.73 Å². The summed E-state index contributed by atoms with van der Waals surface area (Å²) >= 11 is 1.32. The van der Waals surface area contributed by atoms with Gasteiger partial charge in [0.25, 0.3) is 0 Å². The Hall–Kier alpha value is 0.438. The van der Waals surface area contributed by atoms with Gasteiger partial charge < -0.3 is 0 Å². The first-order chi connectivity index (χ1) is 4.34. The Labute approximate surface area is 66.0 Å². The molecule has 1 fully saturated rings. The van der Waals surface area contributed by atoms with E-state index in [9.17, 15) is 0 Å². The first kappa shape index (κ1) is 7.54. The van der Waals surface area contributed by atoms with Gasteiger partial charge in [-0.25, -0.2) is 0 Å². The topological polar surface area (TPSA) is 41.3 Å². The molecule has 1 rings (SSSR count). The van der Waals surface area contributed by atoms with E-state index in [2.05, 4.69) is 10.2 Å². The van der Waals surface area contributed by atoms with E-state index in [1.807, 2.05) is 0 Å². The van der Waals surface area contributed by atoms with Crippen molar-refractivity contribution in [3.8, 4) is 0 Å². The molecule has 3 N–H and O–H groups in total. The minimum atomic E-state index is 0.767. The fraction of sp³-hybridized carbons (Fsp3) is 0.800. The molecule has 0 atom stereocenters. The van der Waals surface area contributed by atoms with Gasteiger partial charge >= 0.3 is 65.6 Å². The second kappa shape index (κ2) is 3.57. The van der Waals surface area contributed by atoms with Crippen LogP contribution in [-0.2, 0) is 19.4 Å². The Balaban J connectivity index is 2.31. The van der Waals surface area contributed by atoms with Crippen LogP contribution < -0.4 is 11.1 Å². The van der Waals surface area contributed by atoms with Crippen molar-refractivity contribution in [3.63, 3.8) is 0 Å². The van der Waals surface area contributed by atoms with Crippen LogP contribution in [0.5, 0.6) is 0 Å². The molecular formula is C5H12N3W. The summed E-state index contributed by atoms with van der Waals surface area (Å²) in [5.74, 6) is 0. The summed E-state index contributed by atoms with van der Waals surface area (Å²) in [6, 6.07) is 0. The van der Waals surface area contributed by atoms with E-state index in [1.165, 1.54) is 23.5 Å². The van der Waals surface area contributed by atoms with E-state index in [1.54, 1.807) is 0 Å². The van der Waals surface area contributed by atoms with Gasteiger partial charge in [0, 0.05) is 0 Å². The van der Waals surface area contributed by atoms with Crippen LogP contribution in [0.25, 0.3) is 0 Å². The molecule has 0 aromatic rings. The maximum atomic E-state index is 5.40. The van der Waals surface area contributed by atoms with Crippen LogP contribution >= 0.6 is 0 Å². The van der Waals surface area contributed by atoms with Crippen LogP contribution in [0.1, 0.15) is 0 Å². The Bertz CT molecular complexity index is 115. The molecule has 0 amide bonds. The van der Waals surface area contributed by atoms with Gasteiger partial charge in [0.1, 0.15) is 0 Å². The van der Waals surface area contributed by atoms with Crippen molar-refractivity contribution in [3.05, 3.63) is 0 Å². The van der Waals surface area contributed by atoms with Gasteiger partial charge in [0.2, 0.25) is 0 Å². The third-order valence-corrected chi connectivity index (χ3v) is 2.95. The maximum absolute atomic E-state index is 5.40. The van der Waals surface area contributed by atoms with Crippen molar-refractivity contribution in [2.24, 2.45) is 5.73 Å². The average molecular weight is 298 g/mol. The first-order valence-electron chi connectivity index (χ1n) is 3.09. The van der Waals surface area contributed by atoms with Gasteiger partial charge in [-0.15, -0.1) is 0 Å². The monoisotopic (exact) mass is 298 g/mol. The van der Waals surface area contributed by atoms with Gasteiger partial charge in [0.15, 0.2) is 0 Å². The molecule has 0 unspecified atom stereocenters. The molecule has 9 heavy (non-hydrogen) atoms. The molecule has 1 heterocycles. The molecule has 0 spiro atoms. The number of hydrogen-bond donors (Lipinski definition) is 2. The Morgan fingerprint density at radius 1 is 1.78 bits per heavy atom. The van der Waals surface area contributed by atoms with Gasteiger partial charge in [0.05, 0.1) is 0 Å². The number of nitrogens with zero attached hydrogens (tertiary/aromatic N) is 1. The molecule has 1 aliphatic rings. The predicted octanol–water partition coefficient (Wildman–Crippen LogP) is -1.78. The van der Waals surface area contributed by atoms with E-state index in [0.29, 0.717) is 0 Å². The summed E-state index contributed by atoms with van der Waals surface area (Å²) in [4.78, 5) is 2.31. The van der Waals surface area contributed by atoms with Crippen molar-refractivity contribution in [2.45, 2.75) is 0 Å². The molecule has 1 aliphatic heterocycles. The number of hydrogen-bond acceptors (Lipinski definition) is 3. The van der Waals surface area contributed by atoms with Crippen LogP contribution in [0, 0.1) is 0 Å². The van der Waals surface area contributed by atoms with E-state index in [-0.39, 0.29) is 0 Å². The molecule has 0 aliphatic carbocycles.